The van der Waals surface area contributed by atoms with Gasteiger partial charge in [-0.3, -0.25) is 0 Å². The third-order valence-corrected chi connectivity index (χ3v) is 2.40. The second kappa shape index (κ2) is 4.47. The first-order valence-electron chi connectivity index (χ1n) is 4.29. The van der Waals surface area contributed by atoms with Gasteiger partial charge in [0.05, 0.1) is 6.54 Å². The molecule has 2 aromatic heterocycles. The summed E-state index contributed by atoms with van der Waals surface area (Å²) in [6.45, 7) is 0.400. The molecule has 0 fully saturated rings. The first-order chi connectivity index (χ1) is 7.69. The molecule has 0 N–H and O–H groups in total. The Morgan fingerprint density at radius 1 is 1.38 bits per heavy atom. The van der Waals surface area contributed by atoms with Crippen LogP contribution in [0.3, 0.4) is 0 Å². The highest BCUT2D eigenvalue weighted by Crippen LogP contribution is 2.17. The van der Waals surface area contributed by atoms with E-state index in [1.165, 1.54) is 11.0 Å². The van der Waals surface area contributed by atoms with Crippen molar-refractivity contribution in [1.82, 2.24) is 19.7 Å². The molecule has 0 amide bonds. The first-order valence-corrected chi connectivity index (χ1v) is 5.05. The van der Waals surface area contributed by atoms with Crippen LogP contribution in [-0.2, 0) is 6.54 Å². The fourth-order valence-corrected chi connectivity index (χ4v) is 1.56. The molecule has 16 heavy (non-hydrogen) atoms. The zero-order valence-corrected chi connectivity index (χ0v) is 9.44. The molecule has 2 aromatic rings. The van der Waals surface area contributed by atoms with Gasteiger partial charge in [0.2, 0.25) is 0 Å². The van der Waals surface area contributed by atoms with Crippen molar-refractivity contribution in [3.05, 3.63) is 40.2 Å². The minimum absolute atomic E-state index is 0.123. The smallest absolute Gasteiger partial charge is 0.247 e. The second-order valence-corrected chi connectivity index (χ2v) is 3.71. The standard InChI is InChI=1S/C9H5Cl2N5/c10-7-2-1-6(9(11)14-7)4-16-5-13-8(3-12)15-16/h1-2,5H,4H2. The highest BCUT2D eigenvalue weighted by Gasteiger charge is 2.05. The quantitative estimate of drug-likeness (QED) is 0.767. The maximum absolute atomic E-state index is 8.56. The lowest BCUT2D eigenvalue weighted by atomic mass is 10.3. The number of nitrogens with zero attached hydrogens (tertiary/aromatic N) is 5. The molecule has 2 rings (SSSR count). The molecule has 80 valence electrons. The monoisotopic (exact) mass is 253 g/mol. The number of hydrogen-bond acceptors (Lipinski definition) is 4. The largest absolute Gasteiger partial charge is 0.252 e. The maximum atomic E-state index is 8.56. The second-order valence-electron chi connectivity index (χ2n) is 2.96. The number of nitriles is 1. The minimum Gasteiger partial charge on any atom is -0.247 e. The molecule has 0 aliphatic heterocycles. The van der Waals surface area contributed by atoms with Gasteiger partial charge in [-0.2, -0.15) is 5.26 Å². The highest BCUT2D eigenvalue weighted by molar-refractivity contribution is 6.32. The molecule has 7 heteroatoms. The maximum Gasteiger partial charge on any atom is 0.252 e. The highest BCUT2D eigenvalue weighted by atomic mass is 35.5. The molecule has 2 heterocycles. The van der Waals surface area contributed by atoms with Crippen LogP contribution in [0.1, 0.15) is 11.4 Å². The lowest BCUT2D eigenvalue weighted by molar-refractivity contribution is 0.680. The van der Waals surface area contributed by atoms with Gasteiger partial charge >= 0.3 is 0 Å². The predicted molar refractivity (Wildman–Crippen MR) is 58.1 cm³/mol. The van der Waals surface area contributed by atoms with Crippen molar-refractivity contribution in [1.29, 1.82) is 5.26 Å². The summed E-state index contributed by atoms with van der Waals surface area (Å²) in [7, 11) is 0. The number of halogens is 2. The Morgan fingerprint density at radius 2 is 2.19 bits per heavy atom. The van der Waals surface area contributed by atoms with Crippen molar-refractivity contribution in [2.45, 2.75) is 6.54 Å². The molecule has 0 saturated heterocycles. The van der Waals surface area contributed by atoms with Crippen LogP contribution >= 0.6 is 23.2 Å². The third-order valence-electron chi connectivity index (χ3n) is 1.86. The fourth-order valence-electron chi connectivity index (χ4n) is 1.16. The number of aromatic nitrogens is 4. The fraction of sp³-hybridized carbons (Fsp3) is 0.111. The molecule has 0 aliphatic carbocycles. The van der Waals surface area contributed by atoms with Crippen LogP contribution in [0.5, 0.6) is 0 Å². The summed E-state index contributed by atoms with van der Waals surface area (Å²) in [6.07, 6.45) is 1.46. The first kappa shape index (κ1) is 10.9. The topological polar surface area (TPSA) is 67.4 Å². The Kier molecular flexibility index (Phi) is 3.04. The lowest BCUT2D eigenvalue weighted by Gasteiger charge is -2.02. The molecule has 0 atom stereocenters. The molecule has 0 radical (unpaired) electrons. The molecular formula is C9H5Cl2N5. The van der Waals surface area contributed by atoms with Crippen molar-refractivity contribution in [3.63, 3.8) is 0 Å². The number of pyridine rings is 1. The molecule has 0 aliphatic rings. The van der Waals surface area contributed by atoms with Gasteiger partial charge in [-0.25, -0.2) is 14.6 Å². The molecule has 0 unspecified atom stereocenters. The Hall–Kier alpha value is -1.64. The van der Waals surface area contributed by atoms with Crippen LogP contribution < -0.4 is 0 Å². The van der Waals surface area contributed by atoms with Crippen LogP contribution in [0.15, 0.2) is 18.5 Å². The average molecular weight is 254 g/mol. The Balaban J connectivity index is 2.24. The Morgan fingerprint density at radius 3 is 2.81 bits per heavy atom. The van der Waals surface area contributed by atoms with Crippen LogP contribution in [0.2, 0.25) is 10.3 Å². The Labute approximate surface area is 101 Å². The summed E-state index contributed by atoms with van der Waals surface area (Å²) >= 11 is 11.6. The van der Waals surface area contributed by atoms with E-state index in [0.717, 1.165) is 5.56 Å². The van der Waals surface area contributed by atoms with Crippen molar-refractivity contribution >= 4 is 23.2 Å². The zero-order chi connectivity index (χ0) is 11.5. The normalized spacial score (nSPS) is 10.1. The van der Waals surface area contributed by atoms with Gasteiger partial charge in [-0.1, -0.05) is 29.3 Å². The summed E-state index contributed by atoms with van der Waals surface area (Å²) in [5, 5.41) is 13.1. The number of hydrogen-bond donors (Lipinski definition) is 0. The van der Waals surface area contributed by atoms with E-state index in [-0.39, 0.29) is 5.82 Å². The summed E-state index contributed by atoms with van der Waals surface area (Å²) in [5.41, 5.74) is 0.764. The van der Waals surface area contributed by atoms with E-state index in [9.17, 15) is 0 Å². The SMILES string of the molecule is N#Cc1ncn(Cc2ccc(Cl)nc2Cl)n1. The van der Waals surface area contributed by atoms with Crippen molar-refractivity contribution in [2.24, 2.45) is 0 Å². The summed E-state index contributed by atoms with van der Waals surface area (Å²) < 4.78 is 1.51. The van der Waals surface area contributed by atoms with E-state index < -0.39 is 0 Å². The van der Waals surface area contributed by atoms with E-state index in [1.807, 2.05) is 6.07 Å². The molecule has 5 nitrogen and oxygen atoms in total. The van der Waals surface area contributed by atoms with E-state index in [1.54, 1.807) is 12.1 Å². The molecule has 0 bridgehead atoms. The van der Waals surface area contributed by atoms with Gasteiger partial charge in [0.25, 0.3) is 5.82 Å². The van der Waals surface area contributed by atoms with Gasteiger partial charge in [-0.15, -0.1) is 5.10 Å². The summed E-state index contributed by atoms with van der Waals surface area (Å²) in [4.78, 5) is 7.68. The van der Waals surface area contributed by atoms with E-state index in [2.05, 4.69) is 15.1 Å². The van der Waals surface area contributed by atoms with Crippen LogP contribution in [-0.4, -0.2) is 19.7 Å². The van der Waals surface area contributed by atoms with E-state index in [4.69, 9.17) is 28.5 Å². The van der Waals surface area contributed by atoms with Crippen molar-refractivity contribution < 1.29 is 0 Å². The molecule has 0 saturated carbocycles. The van der Waals surface area contributed by atoms with Gasteiger partial charge in [-0.05, 0) is 6.07 Å². The summed E-state index contributed by atoms with van der Waals surface area (Å²) in [6, 6.07) is 5.24. The number of rotatable bonds is 2. The minimum atomic E-state index is 0.123. The van der Waals surface area contributed by atoms with Gasteiger partial charge < -0.3 is 0 Å². The molecule has 0 spiro atoms. The van der Waals surface area contributed by atoms with E-state index >= 15 is 0 Å². The average Bonchev–Trinajstić information content (AvgIpc) is 2.70. The van der Waals surface area contributed by atoms with Crippen LogP contribution in [0.25, 0.3) is 0 Å². The van der Waals surface area contributed by atoms with Gasteiger partial charge in [0, 0.05) is 5.56 Å². The zero-order valence-electron chi connectivity index (χ0n) is 7.93. The summed E-state index contributed by atoms with van der Waals surface area (Å²) in [5.74, 6) is 0.123. The van der Waals surface area contributed by atoms with Gasteiger partial charge in [0.15, 0.2) is 0 Å². The Bertz CT molecular complexity index is 557. The predicted octanol–water partition coefficient (Wildman–Crippen LogP) is 1.90. The van der Waals surface area contributed by atoms with Crippen LogP contribution in [0, 0.1) is 11.3 Å². The van der Waals surface area contributed by atoms with E-state index in [0.29, 0.717) is 16.9 Å². The van der Waals surface area contributed by atoms with Crippen molar-refractivity contribution in [3.8, 4) is 6.07 Å². The molecular weight excluding hydrogens is 249 g/mol. The lowest BCUT2D eigenvalue weighted by Crippen LogP contribution is -2.02. The van der Waals surface area contributed by atoms with Crippen LogP contribution in [0.4, 0.5) is 0 Å². The molecule has 0 aromatic carbocycles. The third kappa shape index (κ3) is 2.30. The van der Waals surface area contributed by atoms with Gasteiger partial charge in [0.1, 0.15) is 22.7 Å². The van der Waals surface area contributed by atoms with Crippen molar-refractivity contribution in [2.75, 3.05) is 0 Å².